The van der Waals surface area contributed by atoms with E-state index in [2.05, 4.69) is 25.0 Å². The van der Waals surface area contributed by atoms with Gasteiger partial charge in [-0.2, -0.15) is 0 Å². The molecule has 116 valence electrons. The van der Waals surface area contributed by atoms with Crippen molar-refractivity contribution in [2.75, 3.05) is 7.11 Å². The Hall–Kier alpha value is -1.41. The molecule has 0 aliphatic heterocycles. The minimum absolute atomic E-state index is 0.470. The molecule has 0 aromatic rings. The molecule has 0 spiro atoms. The van der Waals surface area contributed by atoms with Gasteiger partial charge in [0.05, 0.1) is 19.6 Å². The van der Waals surface area contributed by atoms with E-state index in [1.807, 2.05) is 0 Å². The van der Waals surface area contributed by atoms with E-state index in [1.54, 1.807) is 6.92 Å². The lowest BCUT2D eigenvalue weighted by Crippen LogP contribution is -2.59. The van der Waals surface area contributed by atoms with Gasteiger partial charge in [-0.05, 0) is 13.0 Å². The molecule has 4 N–H and O–H groups in total. The number of carboxylic acids is 1. The summed E-state index contributed by atoms with van der Waals surface area (Å²) in [5.74, 6) is -2.40. The lowest BCUT2D eigenvalue weighted by atomic mass is 10.0. The van der Waals surface area contributed by atoms with E-state index in [4.69, 9.17) is 15.6 Å². The minimum atomic E-state index is -1.68. The molecule has 0 saturated carbocycles. The lowest BCUT2D eigenvalue weighted by Gasteiger charge is -2.33. The molecule has 0 rings (SSSR count). The van der Waals surface area contributed by atoms with E-state index < -0.39 is 43.9 Å². The van der Waals surface area contributed by atoms with Gasteiger partial charge in [-0.15, -0.1) is 0 Å². The molecular weight excluding hydrogens is 280 g/mol. The van der Waals surface area contributed by atoms with Gasteiger partial charge >= 0.3 is 11.9 Å². The fourth-order valence-corrected chi connectivity index (χ4v) is 4.45. The standard InChI is InChI=1S/C12H24N2O5Si/c1-12(11(18)19-2,7-20(3,4)5)14-10(17)8(13)6-9(15)16/h8H,6-7,13H2,1-5H3,(H,14,17)(H,15,16)/t8-,12+/m0/s1. The maximum absolute atomic E-state index is 11.9. The number of carbonyl (C=O) groups is 3. The van der Waals surface area contributed by atoms with E-state index in [-0.39, 0.29) is 0 Å². The molecule has 0 radical (unpaired) electrons. The molecule has 0 unspecified atom stereocenters. The second kappa shape index (κ2) is 6.85. The van der Waals surface area contributed by atoms with E-state index in [0.717, 1.165) is 0 Å². The highest BCUT2D eigenvalue weighted by atomic mass is 28.3. The average molecular weight is 304 g/mol. The summed E-state index contributed by atoms with van der Waals surface area (Å²) in [7, 11) is -0.434. The predicted molar refractivity (Wildman–Crippen MR) is 76.9 cm³/mol. The molecule has 0 bridgehead atoms. The topological polar surface area (TPSA) is 119 Å². The van der Waals surface area contributed by atoms with Crippen LogP contribution in [0.3, 0.4) is 0 Å². The zero-order valence-electron chi connectivity index (χ0n) is 12.6. The molecule has 0 aliphatic carbocycles. The van der Waals surface area contributed by atoms with Crippen molar-refractivity contribution < 1.29 is 24.2 Å². The van der Waals surface area contributed by atoms with Crippen LogP contribution in [0.25, 0.3) is 0 Å². The maximum Gasteiger partial charge on any atom is 0.330 e. The fourth-order valence-electron chi connectivity index (χ4n) is 2.10. The van der Waals surface area contributed by atoms with Crippen molar-refractivity contribution in [1.29, 1.82) is 0 Å². The van der Waals surface area contributed by atoms with Crippen LogP contribution in [0.1, 0.15) is 13.3 Å². The van der Waals surface area contributed by atoms with Crippen molar-refractivity contribution in [1.82, 2.24) is 5.32 Å². The minimum Gasteiger partial charge on any atom is -0.481 e. The van der Waals surface area contributed by atoms with Gasteiger partial charge in [-0.3, -0.25) is 9.59 Å². The zero-order valence-corrected chi connectivity index (χ0v) is 13.6. The number of ether oxygens (including phenoxy) is 1. The number of esters is 1. The summed E-state index contributed by atoms with van der Waals surface area (Å²) in [6.45, 7) is 7.73. The third-order valence-corrected chi connectivity index (χ3v) is 4.42. The SMILES string of the molecule is COC(=O)[C@@](C)(C[Si](C)(C)C)NC(=O)[C@@H](N)CC(=O)O. The zero-order chi connectivity index (χ0) is 16.1. The molecule has 0 saturated heterocycles. The van der Waals surface area contributed by atoms with Gasteiger partial charge in [0.25, 0.3) is 0 Å². The first-order chi connectivity index (χ1) is 8.91. The van der Waals surface area contributed by atoms with Crippen LogP contribution in [0.5, 0.6) is 0 Å². The molecule has 0 heterocycles. The molecule has 0 fully saturated rings. The molecule has 1 amide bonds. The van der Waals surface area contributed by atoms with E-state index in [0.29, 0.717) is 6.04 Å². The summed E-state index contributed by atoms with van der Waals surface area (Å²) in [4.78, 5) is 34.4. The average Bonchev–Trinajstić information content (AvgIpc) is 2.24. The summed E-state index contributed by atoms with van der Waals surface area (Å²) in [5, 5.41) is 11.2. The monoisotopic (exact) mass is 304 g/mol. The Morgan fingerprint density at radius 3 is 2.20 bits per heavy atom. The van der Waals surface area contributed by atoms with Crippen molar-refractivity contribution in [3.05, 3.63) is 0 Å². The van der Waals surface area contributed by atoms with E-state index in [9.17, 15) is 14.4 Å². The molecule has 2 atom stereocenters. The van der Waals surface area contributed by atoms with E-state index in [1.165, 1.54) is 7.11 Å². The highest BCUT2D eigenvalue weighted by Gasteiger charge is 2.41. The quantitative estimate of drug-likeness (QED) is 0.456. The molecule has 8 heteroatoms. The Labute approximate surface area is 119 Å². The molecular formula is C12H24N2O5Si. The highest BCUT2D eigenvalue weighted by molar-refractivity contribution is 6.76. The maximum atomic E-state index is 11.9. The third-order valence-electron chi connectivity index (χ3n) is 2.65. The Bertz CT molecular complexity index is 394. The normalized spacial score (nSPS) is 15.9. The summed E-state index contributed by atoms with van der Waals surface area (Å²) in [5.41, 5.74) is 4.31. The Balaban J connectivity index is 5.04. The van der Waals surface area contributed by atoms with Crippen LogP contribution in [-0.4, -0.2) is 49.7 Å². The van der Waals surface area contributed by atoms with Crippen LogP contribution in [-0.2, 0) is 19.1 Å². The number of rotatable bonds is 7. The number of carboxylic acid groups (broad SMARTS) is 1. The molecule has 7 nitrogen and oxygen atoms in total. The summed E-state index contributed by atoms with van der Waals surface area (Å²) >= 11 is 0. The third kappa shape index (κ3) is 6.16. The van der Waals surface area contributed by atoms with Crippen LogP contribution in [0.4, 0.5) is 0 Å². The largest absolute Gasteiger partial charge is 0.481 e. The van der Waals surface area contributed by atoms with Gasteiger partial charge in [0.1, 0.15) is 5.54 Å². The number of carbonyl (C=O) groups excluding carboxylic acids is 2. The Morgan fingerprint density at radius 2 is 1.85 bits per heavy atom. The molecule has 0 aromatic heterocycles. The smallest absolute Gasteiger partial charge is 0.330 e. The van der Waals surface area contributed by atoms with Crippen LogP contribution in [0.15, 0.2) is 0 Å². The van der Waals surface area contributed by atoms with Gasteiger partial charge in [0, 0.05) is 8.07 Å². The first-order valence-electron chi connectivity index (χ1n) is 6.29. The van der Waals surface area contributed by atoms with Gasteiger partial charge < -0.3 is 20.9 Å². The van der Waals surface area contributed by atoms with Crippen molar-refractivity contribution >= 4 is 25.9 Å². The first-order valence-corrected chi connectivity index (χ1v) is 10.00. The van der Waals surface area contributed by atoms with Crippen LogP contribution < -0.4 is 11.1 Å². The van der Waals surface area contributed by atoms with Crippen LogP contribution >= 0.6 is 0 Å². The van der Waals surface area contributed by atoms with Crippen LogP contribution in [0, 0.1) is 0 Å². The van der Waals surface area contributed by atoms with Crippen LogP contribution in [0.2, 0.25) is 25.7 Å². The number of hydrogen-bond acceptors (Lipinski definition) is 5. The van der Waals surface area contributed by atoms with E-state index >= 15 is 0 Å². The first kappa shape index (κ1) is 18.6. The Morgan fingerprint density at radius 1 is 1.35 bits per heavy atom. The van der Waals surface area contributed by atoms with Crippen molar-refractivity contribution in [2.24, 2.45) is 5.73 Å². The predicted octanol–water partition coefficient (Wildman–Crippen LogP) is 0.175. The molecule has 20 heavy (non-hydrogen) atoms. The summed E-state index contributed by atoms with van der Waals surface area (Å²) in [6.07, 6.45) is -0.490. The van der Waals surface area contributed by atoms with Gasteiger partial charge in [0.15, 0.2) is 0 Å². The van der Waals surface area contributed by atoms with Crippen molar-refractivity contribution in [2.45, 2.75) is 50.6 Å². The highest BCUT2D eigenvalue weighted by Crippen LogP contribution is 2.22. The second-order valence-electron chi connectivity index (χ2n) is 6.25. The number of aliphatic carboxylic acids is 1. The number of hydrogen-bond donors (Lipinski definition) is 3. The second-order valence-corrected chi connectivity index (χ2v) is 11.7. The van der Waals surface area contributed by atoms with Gasteiger partial charge in [-0.1, -0.05) is 19.6 Å². The number of nitrogens with two attached hydrogens (primary N) is 1. The van der Waals surface area contributed by atoms with Gasteiger partial charge in [0.2, 0.25) is 5.91 Å². The Kier molecular flexibility index (Phi) is 6.36. The van der Waals surface area contributed by atoms with Crippen molar-refractivity contribution in [3.8, 4) is 0 Å². The number of methoxy groups -OCH3 is 1. The summed E-state index contributed by atoms with van der Waals surface area (Å²) in [6, 6.07) is -0.726. The lowest BCUT2D eigenvalue weighted by molar-refractivity contribution is -0.149. The number of amides is 1. The fraction of sp³-hybridized carbons (Fsp3) is 0.750. The molecule has 0 aliphatic rings. The molecule has 0 aromatic carbocycles. The van der Waals surface area contributed by atoms with Crippen molar-refractivity contribution in [3.63, 3.8) is 0 Å². The summed E-state index contributed by atoms with van der Waals surface area (Å²) < 4.78 is 4.73. The van der Waals surface area contributed by atoms with Gasteiger partial charge in [-0.25, -0.2) is 4.79 Å². The number of nitrogens with one attached hydrogen (secondary N) is 1.